The van der Waals surface area contributed by atoms with Crippen molar-refractivity contribution >= 4 is 11.8 Å². The predicted octanol–water partition coefficient (Wildman–Crippen LogP) is 5.52. The van der Waals surface area contributed by atoms with Gasteiger partial charge >= 0.3 is 0 Å². The van der Waals surface area contributed by atoms with Crippen molar-refractivity contribution in [3.8, 4) is 0 Å². The second kappa shape index (κ2) is 11.1. The number of nitrogens with one attached hydrogen (secondary N) is 1. The zero-order chi connectivity index (χ0) is 27.8. The van der Waals surface area contributed by atoms with Crippen molar-refractivity contribution in [2.45, 2.75) is 70.9 Å². The molecule has 2 heterocycles. The zero-order valence-corrected chi connectivity index (χ0v) is 22.9. The number of carbonyl (C=O) groups excluding carboxylic acids is 2. The first kappa shape index (κ1) is 28.1. The van der Waals surface area contributed by atoms with E-state index < -0.39 is 17.6 Å². The van der Waals surface area contributed by atoms with Crippen molar-refractivity contribution in [3.05, 3.63) is 70.5 Å². The molecule has 0 aliphatic carbocycles. The number of piperidine rings is 1. The summed E-state index contributed by atoms with van der Waals surface area (Å²) in [7, 11) is 0. The fourth-order valence-corrected chi connectivity index (χ4v) is 6.04. The van der Waals surface area contributed by atoms with Crippen LogP contribution in [0.5, 0.6) is 0 Å². The summed E-state index contributed by atoms with van der Waals surface area (Å²) in [4.78, 5) is 29.5. The highest BCUT2D eigenvalue weighted by molar-refractivity contribution is 5.81. The summed E-state index contributed by atoms with van der Waals surface area (Å²) in [6.07, 6.45) is 1.42. The molecule has 2 saturated heterocycles. The highest BCUT2D eigenvalue weighted by Crippen LogP contribution is 2.40. The van der Waals surface area contributed by atoms with Crippen LogP contribution in [0.15, 0.2) is 36.4 Å². The molecule has 2 aromatic carbocycles. The number of benzene rings is 2. The van der Waals surface area contributed by atoms with Gasteiger partial charge in [0.2, 0.25) is 11.8 Å². The van der Waals surface area contributed by atoms with Crippen LogP contribution < -0.4 is 5.32 Å². The summed E-state index contributed by atoms with van der Waals surface area (Å²) in [5.41, 5.74) is 1.94. The zero-order valence-electron chi connectivity index (χ0n) is 22.9. The van der Waals surface area contributed by atoms with E-state index in [0.717, 1.165) is 17.2 Å². The molecule has 2 aliphatic rings. The van der Waals surface area contributed by atoms with E-state index in [-0.39, 0.29) is 41.0 Å². The number of hydrogen-bond donors (Lipinski definition) is 1. The first-order chi connectivity index (χ1) is 17.8. The van der Waals surface area contributed by atoms with Crippen molar-refractivity contribution in [1.29, 1.82) is 0 Å². The summed E-state index contributed by atoms with van der Waals surface area (Å²) >= 11 is 0. The normalized spacial score (nSPS) is 21.9. The van der Waals surface area contributed by atoms with Gasteiger partial charge in [0.25, 0.3) is 0 Å². The van der Waals surface area contributed by atoms with Crippen molar-refractivity contribution in [2.24, 2.45) is 5.92 Å². The summed E-state index contributed by atoms with van der Waals surface area (Å²) in [6.45, 7) is 11.6. The quantitative estimate of drug-likeness (QED) is 0.555. The van der Waals surface area contributed by atoms with Gasteiger partial charge in [0.1, 0.15) is 17.5 Å². The average molecular weight is 530 g/mol. The van der Waals surface area contributed by atoms with E-state index in [9.17, 15) is 22.8 Å². The fraction of sp³-hybridized carbons (Fsp3) is 0.533. The first-order valence-corrected chi connectivity index (χ1v) is 13.4. The maximum absolute atomic E-state index is 14.8. The monoisotopic (exact) mass is 529 g/mol. The highest BCUT2D eigenvalue weighted by Gasteiger charge is 2.44. The Hall–Kier alpha value is -2.87. The Kier molecular flexibility index (Phi) is 8.21. The average Bonchev–Trinajstić information content (AvgIpc) is 3.29. The molecule has 4 rings (SSSR count). The van der Waals surface area contributed by atoms with E-state index in [0.29, 0.717) is 44.6 Å². The largest absolute Gasteiger partial charge is 0.350 e. The molecule has 2 aromatic rings. The lowest BCUT2D eigenvalue weighted by Crippen LogP contribution is -2.44. The number of hydrogen-bond acceptors (Lipinski definition) is 3. The molecule has 0 bridgehead atoms. The second-order valence-electron chi connectivity index (χ2n) is 11.7. The Bertz CT molecular complexity index is 1190. The van der Waals surface area contributed by atoms with Gasteiger partial charge in [0.05, 0.1) is 12.0 Å². The molecule has 38 heavy (non-hydrogen) atoms. The molecular weight excluding hydrogens is 491 g/mol. The maximum Gasteiger partial charge on any atom is 0.227 e. The molecule has 5 nitrogen and oxygen atoms in total. The van der Waals surface area contributed by atoms with Crippen LogP contribution in [0.4, 0.5) is 13.2 Å². The summed E-state index contributed by atoms with van der Waals surface area (Å²) in [5.74, 6) is -2.43. The molecule has 0 spiro atoms. The Morgan fingerprint density at radius 3 is 2.13 bits per heavy atom. The molecule has 206 valence electrons. The van der Waals surface area contributed by atoms with Gasteiger partial charge < -0.3 is 10.2 Å². The smallest absolute Gasteiger partial charge is 0.227 e. The molecule has 0 saturated carbocycles. The van der Waals surface area contributed by atoms with Crippen LogP contribution in [-0.4, -0.2) is 53.3 Å². The van der Waals surface area contributed by atoms with Crippen LogP contribution in [0.1, 0.15) is 82.0 Å². The molecule has 2 unspecified atom stereocenters. The molecule has 2 fully saturated rings. The Balaban J connectivity index is 1.51. The Morgan fingerprint density at radius 2 is 1.55 bits per heavy atom. The van der Waals surface area contributed by atoms with Gasteiger partial charge in [-0.25, -0.2) is 13.2 Å². The standard InChI is InChI=1S/C30H38F3N3O2/c1-18(34-19(2)37)25-14-21(31)6-8-23(25)20-10-12-35(13-11-20)29(38)27-17-36(30(3,4)5)16-26(27)24-9-7-22(32)15-28(24)33/h6-9,14-15,18,20,26-27H,10-13,16-17H2,1-5H3,(H,34,37)/t18-,26?,27?/m0/s1. The van der Waals surface area contributed by atoms with Crippen molar-refractivity contribution in [2.75, 3.05) is 26.2 Å². The van der Waals surface area contributed by atoms with Gasteiger partial charge in [-0.2, -0.15) is 0 Å². The van der Waals surface area contributed by atoms with E-state index in [1.165, 1.54) is 31.2 Å². The van der Waals surface area contributed by atoms with Crippen LogP contribution in [0.25, 0.3) is 0 Å². The van der Waals surface area contributed by atoms with E-state index in [1.54, 1.807) is 6.07 Å². The maximum atomic E-state index is 14.8. The summed E-state index contributed by atoms with van der Waals surface area (Å²) < 4.78 is 42.5. The van der Waals surface area contributed by atoms with Crippen LogP contribution >= 0.6 is 0 Å². The third-order valence-electron chi connectivity index (χ3n) is 8.13. The lowest BCUT2D eigenvalue weighted by molar-refractivity contribution is -0.136. The van der Waals surface area contributed by atoms with Crippen LogP contribution in [0.3, 0.4) is 0 Å². The number of amides is 2. The van der Waals surface area contributed by atoms with Gasteiger partial charge in [-0.15, -0.1) is 0 Å². The molecule has 8 heteroatoms. The Morgan fingerprint density at radius 1 is 0.947 bits per heavy atom. The molecular formula is C30H38F3N3O2. The Labute approximate surface area is 223 Å². The minimum Gasteiger partial charge on any atom is -0.350 e. The molecule has 0 aromatic heterocycles. The predicted molar refractivity (Wildman–Crippen MR) is 141 cm³/mol. The second-order valence-corrected chi connectivity index (χ2v) is 11.7. The SMILES string of the molecule is CC(=O)N[C@@H](C)c1cc(F)ccc1C1CCN(C(=O)C2CN(C(C)(C)C)CC2c2ccc(F)cc2F)CC1. The lowest BCUT2D eigenvalue weighted by Gasteiger charge is -2.36. The minimum absolute atomic E-state index is 0.00475. The third kappa shape index (κ3) is 6.06. The topological polar surface area (TPSA) is 52.7 Å². The van der Waals surface area contributed by atoms with Gasteiger partial charge in [-0.05, 0) is 81.3 Å². The number of nitrogens with zero attached hydrogens (tertiary/aromatic N) is 2. The minimum atomic E-state index is -0.630. The van der Waals surface area contributed by atoms with Gasteiger partial charge in [0, 0.05) is 50.6 Å². The highest BCUT2D eigenvalue weighted by atomic mass is 19.1. The van der Waals surface area contributed by atoms with Crippen molar-refractivity contribution in [1.82, 2.24) is 15.1 Å². The van der Waals surface area contributed by atoms with E-state index in [1.807, 2.05) is 11.8 Å². The van der Waals surface area contributed by atoms with E-state index in [4.69, 9.17) is 0 Å². The van der Waals surface area contributed by atoms with Gasteiger partial charge in [0.15, 0.2) is 0 Å². The molecule has 2 aliphatic heterocycles. The number of rotatable bonds is 5. The van der Waals surface area contributed by atoms with Gasteiger partial charge in [-0.1, -0.05) is 12.1 Å². The fourth-order valence-electron chi connectivity index (χ4n) is 6.04. The van der Waals surface area contributed by atoms with E-state index >= 15 is 0 Å². The van der Waals surface area contributed by atoms with E-state index in [2.05, 4.69) is 31.0 Å². The molecule has 3 atom stereocenters. The molecule has 2 amide bonds. The lowest BCUT2D eigenvalue weighted by atomic mass is 9.83. The summed E-state index contributed by atoms with van der Waals surface area (Å²) in [5, 5.41) is 2.85. The molecule has 0 radical (unpaired) electrons. The van der Waals surface area contributed by atoms with Crippen LogP contribution in [0.2, 0.25) is 0 Å². The van der Waals surface area contributed by atoms with Gasteiger partial charge in [-0.3, -0.25) is 14.5 Å². The van der Waals surface area contributed by atoms with Crippen molar-refractivity contribution < 1.29 is 22.8 Å². The number of likely N-dealkylation sites (tertiary alicyclic amines) is 2. The van der Waals surface area contributed by atoms with Crippen LogP contribution in [-0.2, 0) is 9.59 Å². The summed E-state index contributed by atoms with van der Waals surface area (Å²) in [6, 6.07) is 8.01. The number of carbonyl (C=O) groups is 2. The number of halogens is 3. The van der Waals surface area contributed by atoms with Crippen LogP contribution in [0, 0.1) is 23.4 Å². The third-order valence-corrected chi connectivity index (χ3v) is 8.13. The molecule has 1 N–H and O–H groups in total. The van der Waals surface area contributed by atoms with Crippen molar-refractivity contribution in [3.63, 3.8) is 0 Å². The first-order valence-electron chi connectivity index (χ1n) is 13.4.